The SMILES string of the molecule is CC(C)CN(CCCNC(=O)OC1C2CC3C(O2)OC32CCC12)S(=O)(=O)c1ccc2nc(N)oc2c1. The van der Waals surface area contributed by atoms with E-state index >= 15 is 0 Å². The highest BCUT2D eigenvalue weighted by atomic mass is 32.2. The molecule has 2 bridgehead atoms. The maximum absolute atomic E-state index is 13.4. The van der Waals surface area contributed by atoms with E-state index in [1.807, 2.05) is 13.8 Å². The molecule has 12 heteroatoms. The van der Waals surface area contributed by atoms with Crippen molar-refractivity contribution >= 4 is 33.2 Å². The van der Waals surface area contributed by atoms with Crippen LogP contribution in [0.3, 0.4) is 0 Å². The molecule has 1 amide bonds. The predicted octanol–water partition coefficient (Wildman–Crippen LogP) is 2.47. The van der Waals surface area contributed by atoms with Gasteiger partial charge in [0.05, 0.1) is 16.6 Å². The molecule has 6 unspecified atom stereocenters. The third kappa shape index (κ3) is 3.77. The Hall–Kier alpha value is -2.41. The molecule has 0 radical (unpaired) electrons. The molecular weight excluding hydrogens is 488 g/mol. The lowest BCUT2D eigenvalue weighted by Crippen LogP contribution is -2.71. The lowest BCUT2D eigenvalue weighted by molar-refractivity contribution is -0.360. The number of nitrogens with two attached hydrogens (primary N) is 1. The Balaban J connectivity index is 1.05. The molecule has 2 aromatic rings. The first-order valence-electron chi connectivity index (χ1n) is 12.6. The van der Waals surface area contributed by atoms with Crippen molar-refractivity contribution in [3.05, 3.63) is 18.2 Å². The number of hydrogen-bond acceptors (Lipinski definition) is 9. The maximum atomic E-state index is 13.4. The molecule has 2 aliphatic carbocycles. The summed E-state index contributed by atoms with van der Waals surface area (Å²) in [4.78, 5) is 16.7. The van der Waals surface area contributed by atoms with Crippen molar-refractivity contribution < 1.29 is 31.8 Å². The Morgan fingerprint density at radius 1 is 1.36 bits per heavy atom. The molecule has 3 heterocycles. The number of carbonyl (C=O) groups is 1. The van der Waals surface area contributed by atoms with Gasteiger partial charge in [0.15, 0.2) is 11.9 Å². The summed E-state index contributed by atoms with van der Waals surface area (Å²) in [6.45, 7) is 4.79. The summed E-state index contributed by atoms with van der Waals surface area (Å²) in [5, 5.41) is 2.78. The molecule has 1 spiro atoms. The van der Waals surface area contributed by atoms with Crippen LogP contribution >= 0.6 is 0 Å². The van der Waals surface area contributed by atoms with Crippen molar-refractivity contribution in [2.45, 2.75) is 68.5 Å². The van der Waals surface area contributed by atoms with Gasteiger partial charge in [-0.2, -0.15) is 9.29 Å². The highest BCUT2D eigenvalue weighted by Crippen LogP contribution is 2.66. The number of anilines is 1. The monoisotopic (exact) mass is 520 g/mol. The van der Waals surface area contributed by atoms with Crippen LogP contribution in [0.25, 0.3) is 11.1 Å². The Kier molecular flexibility index (Phi) is 5.71. The van der Waals surface area contributed by atoms with Crippen molar-refractivity contribution in [2.75, 3.05) is 25.4 Å². The fraction of sp³-hybridized carbons (Fsp3) is 0.667. The molecule has 36 heavy (non-hydrogen) atoms. The van der Waals surface area contributed by atoms with E-state index in [4.69, 9.17) is 24.4 Å². The summed E-state index contributed by atoms with van der Waals surface area (Å²) in [6.07, 6.45) is 2.28. The van der Waals surface area contributed by atoms with Gasteiger partial charge in [0.1, 0.15) is 11.6 Å². The Morgan fingerprint density at radius 3 is 2.94 bits per heavy atom. The number of benzene rings is 1. The van der Waals surface area contributed by atoms with E-state index in [-0.39, 0.29) is 59.9 Å². The van der Waals surface area contributed by atoms with E-state index in [0.29, 0.717) is 30.0 Å². The van der Waals surface area contributed by atoms with Gasteiger partial charge >= 0.3 is 6.09 Å². The molecular formula is C24H32N4O7S. The summed E-state index contributed by atoms with van der Waals surface area (Å²) in [7, 11) is -3.79. The second kappa shape index (κ2) is 8.57. The molecule has 2 aliphatic heterocycles. The van der Waals surface area contributed by atoms with E-state index in [2.05, 4.69) is 10.3 Å². The molecule has 11 nitrogen and oxygen atoms in total. The summed E-state index contributed by atoms with van der Waals surface area (Å²) < 4.78 is 51.2. The molecule has 196 valence electrons. The predicted molar refractivity (Wildman–Crippen MR) is 128 cm³/mol. The maximum Gasteiger partial charge on any atom is 0.407 e. The first-order chi connectivity index (χ1) is 17.2. The zero-order valence-electron chi connectivity index (χ0n) is 20.4. The second-order valence-corrected chi connectivity index (χ2v) is 12.6. The van der Waals surface area contributed by atoms with Gasteiger partial charge in [-0.05, 0) is 43.7 Å². The van der Waals surface area contributed by atoms with Crippen LogP contribution in [0, 0.1) is 17.8 Å². The van der Waals surface area contributed by atoms with Crippen LogP contribution in [0.2, 0.25) is 0 Å². The largest absolute Gasteiger partial charge is 0.443 e. The second-order valence-electron chi connectivity index (χ2n) is 10.7. The highest BCUT2D eigenvalue weighted by Gasteiger charge is 2.75. The minimum Gasteiger partial charge on any atom is -0.443 e. The van der Waals surface area contributed by atoms with Crippen LogP contribution in [0.4, 0.5) is 10.8 Å². The molecule has 1 aromatic heterocycles. The van der Waals surface area contributed by atoms with Crippen molar-refractivity contribution in [3.63, 3.8) is 0 Å². The summed E-state index contributed by atoms with van der Waals surface area (Å²) in [5.74, 6) is 0.766. The van der Waals surface area contributed by atoms with E-state index in [9.17, 15) is 13.2 Å². The van der Waals surface area contributed by atoms with Gasteiger partial charge in [0.25, 0.3) is 6.01 Å². The van der Waals surface area contributed by atoms with Crippen LogP contribution < -0.4 is 11.1 Å². The van der Waals surface area contributed by atoms with Gasteiger partial charge in [-0.25, -0.2) is 13.2 Å². The normalized spacial score (nSPS) is 32.3. The first-order valence-corrected chi connectivity index (χ1v) is 14.1. The van der Waals surface area contributed by atoms with Crippen LogP contribution in [0.5, 0.6) is 0 Å². The van der Waals surface area contributed by atoms with Crippen LogP contribution in [0.15, 0.2) is 27.5 Å². The highest BCUT2D eigenvalue weighted by molar-refractivity contribution is 7.89. The standard InChI is InChI=1S/C24H32N4O7S/c1-13(2)12-28(36(30,31)14-4-5-17-18(10-14)33-22(25)27-17)9-3-8-26-23(29)34-20-15-6-7-24(15)16-11-19(20)32-21(16)35-24/h4-5,10,13,15-16,19-21H,3,6-9,11-12H2,1-2H3,(H2,25,27)(H,26,29). The molecule has 4 aliphatic rings. The van der Waals surface area contributed by atoms with E-state index in [0.717, 1.165) is 19.3 Å². The third-order valence-electron chi connectivity index (χ3n) is 8.00. The Morgan fingerprint density at radius 2 is 2.19 bits per heavy atom. The molecule has 6 rings (SSSR count). The summed E-state index contributed by atoms with van der Waals surface area (Å²) in [6, 6.07) is 4.51. The molecule has 2 saturated heterocycles. The zero-order valence-corrected chi connectivity index (χ0v) is 21.2. The van der Waals surface area contributed by atoms with Crippen molar-refractivity contribution in [3.8, 4) is 0 Å². The number of nitrogen functional groups attached to an aromatic ring is 1. The average Bonchev–Trinajstić information content (AvgIpc) is 3.29. The van der Waals surface area contributed by atoms with Crippen LogP contribution in [-0.4, -0.2) is 67.5 Å². The van der Waals surface area contributed by atoms with Crippen LogP contribution in [-0.2, 0) is 24.2 Å². The number of alkyl carbamates (subject to hydrolysis) is 1. The Labute approximate surface area is 209 Å². The van der Waals surface area contributed by atoms with Gasteiger partial charge in [0.2, 0.25) is 10.0 Å². The number of fused-ring (bicyclic) bond motifs is 2. The number of hydrogen-bond donors (Lipinski definition) is 2. The Bertz CT molecular complexity index is 1280. The summed E-state index contributed by atoms with van der Waals surface area (Å²) >= 11 is 0. The zero-order chi connectivity index (χ0) is 25.2. The first kappa shape index (κ1) is 24.0. The fourth-order valence-corrected chi connectivity index (χ4v) is 7.95. The number of aromatic nitrogens is 1. The van der Waals surface area contributed by atoms with Crippen LogP contribution in [0.1, 0.15) is 39.5 Å². The number of ether oxygens (including phenoxy) is 3. The fourth-order valence-electron chi connectivity index (χ4n) is 6.29. The van der Waals surface area contributed by atoms with Gasteiger partial charge in [-0.15, -0.1) is 0 Å². The lowest BCUT2D eigenvalue weighted by Gasteiger charge is -2.63. The number of rotatable bonds is 9. The van der Waals surface area contributed by atoms with Gasteiger partial charge in [0, 0.05) is 37.5 Å². The number of oxazole rings is 1. The molecule has 4 fully saturated rings. The summed E-state index contributed by atoms with van der Waals surface area (Å²) in [5.41, 5.74) is 6.26. The average molecular weight is 521 g/mol. The topological polar surface area (TPSA) is 146 Å². The van der Waals surface area contributed by atoms with Gasteiger partial charge in [-0.1, -0.05) is 13.8 Å². The smallest absolute Gasteiger partial charge is 0.407 e. The minimum absolute atomic E-state index is 0.0129. The minimum atomic E-state index is -3.79. The molecule has 6 atom stereocenters. The van der Waals surface area contributed by atoms with Crippen molar-refractivity contribution in [2.24, 2.45) is 17.8 Å². The number of nitrogens with zero attached hydrogens (tertiary/aromatic N) is 2. The quantitative estimate of drug-likeness (QED) is 0.476. The van der Waals surface area contributed by atoms with Crippen molar-refractivity contribution in [1.29, 1.82) is 0 Å². The van der Waals surface area contributed by atoms with Gasteiger partial charge < -0.3 is 29.7 Å². The third-order valence-corrected chi connectivity index (χ3v) is 9.86. The molecule has 2 saturated carbocycles. The van der Waals surface area contributed by atoms with E-state index in [1.165, 1.54) is 16.4 Å². The van der Waals surface area contributed by atoms with Crippen molar-refractivity contribution in [1.82, 2.24) is 14.6 Å². The number of carbonyl (C=O) groups excluding carboxylic acids is 1. The van der Waals surface area contributed by atoms with Gasteiger partial charge in [-0.3, -0.25) is 0 Å². The van der Waals surface area contributed by atoms with E-state index in [1.54, 1.807) is 6.07 Å². The molecule has 3 N–H and O–H groups in total. The lowest BCUT2D eigenvalue weighted by atomic mass is 9.53. The number of sulfonamides is 1. The van der Waals surface area contributed by atoms with E-state index < -0.39 is 16.1 Å². The molecule has 1 aromatic carbocycles. The number of nitrogens with one attached hydrogen (secondary N) is 1. The number of amides is 1.